The van der Waals surface area contributed by atoms with Crippen LogP contribution in [-0.4, -0.2) is 23.0 Å². The Kier molecular flexibility index (Phi) is 16.7. The van der Waals surface area contributed by atoms with E-state index in [2.05, 4.69) is 19.1 Å². The van der Waals surface area contributed by atoms with Gasteiger partial charge in [-0.05, 0) is 39.0 Å². The van der Waals surface area contributed by atoms with E-state index in [1.165, 1.54) is 70.6 Å². The zero-order valence-corrected chi connectivity index (χ0v) is 16.1. The third kappa shape index (κ3) is 14.9. The minimum Gasteiger partial charge on any atom is -0.384 e. The summed E-state index contributed by atoms with van der Waals surface area (Å²) in [6.45, 7) is 3.93. The van der Waals surface area contributed by atoms with Gasteiger partial charge in [-0.15, -0.1) is 0 Å². The average molecular weight is 340 g/mol. The van der Waals surface area contributed by atoms with Crippen LogP contribution in [0.5, 0.6) is 0 Å². The second-order valence-electron chi connectivity index (χ2n) is 7.10. The number of unbranched alkanes of at least 4 members (excludes halogenated alkanes) is 11. The van der Waals surface area contributed by atoms with Crippen molar-refractivity contribution in [3.63, 3.8) is 0 Å². The molecule has 24 heavy (non-hydrogen) atoms. The summed E-state index contributed by atoms with van der Waals surface area (Å²) in [6.07, 6.45) is 20.3. The Hall–Kier alpha value is -0.670. The molecule has 3 nitrogen and oxygen atoms in total. The van der Waals surface area contributed by atoms with Crippen LogP contribution in [0.3, 0.4) is 0 Å². The van der Waals surface area contributed by atoms with Gasteiger partial charge in [-0.1, -0.05) is 70.4 Å². The molecule has 0 aromatic carbocycles. The van der Waals surface area contributed by atoms with Gasteiger partial charge in [-0.2, -0.15) is 0 Å². The van der Waals surface area contributed by atoms with Crippen molar-refractivity contribution in [2.45, 2.75) is 116 Å². The van der Waals surface area contributed by atoms with E-state index >= 15 is 0 Å². The summed E-state index contributed by atoms with van der Waals surface area (Å²) in [4.78, 5) is 11.6. The van der Waals surface area contributed by atoms with Crippen molar-refractivity contribution in [2.24, 2.45) is 5.73 Å². The van der Waals surface area contributed by atoms with Gasteiger partial charge in [0.1, 0.15) is 6.10 Å². The fraction of sp³-hybridized carbons (Fsp3) is 0.857. The van der Waals surface area contributed by atoms with Crippen LogP contribution < -0.4 is 5.73 Å². The molecule has 0 radical (unpaired) electrons. The first-order valence-electron chi connectivity index (χ1n) is 10.2. The predicted octanol–water partition coefficient (Wildman–Crippen LogP) is 5.30. The lowest BCUT2D eigenvalue weighted by Crippen LogP contribution is -2.37. The van der Waals surface area contributed by atoms with Gasteiger partial charge in [0, 0.05) is 12.5 Å². The SMILES string of the molecule is CCCCCCCC/C=C\CCCCCCCC(=O)C(O)[C@H](C)N. The van der Waals surface area contributed by atoms with Gasteiger partial charge in [0.15, 0.2) is 5.78 Å². The molecule has 0 heterocycles. The molecule has 0 fully saturated rings. The smallest absolute Gasteiger partial charge is 0.162 e. The quantitative estimate of drug-likeness (QED) is 0.279. The number of carbonyl (C=O) groups excluding carboxylic acids is 1. The molecule has 0 rings (SSSR count). The summed E-state index contributed by atoms with van der Waals surface area (Å²) in [6, 6.07) is -0.458. The van der Waals surface area contributed by atoms with E-state index in [1.54, 1.807) is 6.92 Å². The molecular formula is C21H41NO2. The highest BCUT2D eigenvalue weighted by molar-refractivity contribution is 5.83. The van der Waals surface area contributed by atoms with Crippen LogP contribution in [0.4, 0.5) is 0 Å². The number of Topliss-reactive ketones (excluding diaryl/α,β-unsaturated/α-hetero) is 1. The molecule has 2 atom stereocenters. The number of allylic oxidation sites excluding steroid dienone is 2. The second kappa shape index (κ2) is 17.2. The molecule has 0 bridgehead atoms. The Morgan fingerprint density at radius 3 is 1.83 bits per heavy atom. The number of aliphatic hydroxyl groups excluding tert-OH is 1. The van der Waals surface area contributed by atoms with Gasteiger partial charge in [0.25, 0.3) is 0 Å². The number of hydrogen-bond donors (Lipinski definition) is 2. The third-order valence-corrected chi connectivity index (χ3v) is 4.51. The normalized spacial score (nSPS) is 14.2. The topological polar surface area (TPSA) is 63.3 Å². The minimum absolute atomic E-state index is 0.109. The first kappa shape index (κ1) is 23.3. The fourth-order valence-corrected chi connectivity index (χ4v) is 2.81. The van der Waals surface area contributed by atoms with Crippen molar-refractivity contribution in [3.05, 3.63) is 12.2 Å². The number of hydrogen-bond acceptors (Lipinski definition) is 3. The number of ketones is 1. The molecule has 3 N–H and O–H groups in total. The van der Waals surface area contributed by atoms with Crippen LogP contribution in [0.25, 0.3) is 0 Å². The highest BCUT2D eigenvalue weighted by atomic mass is 16.3. The average Bonchev–Trinajstić information content (AvgIpc) is 2.57. The first-order chi connectivity index (χ1) is 11.6. The summed E-state index contributed by atoms with van der Waals surface area (Å²) in [5.41, 5.74) is 5.52. The first-order valence-corrected chi connectivity index (χ1v) is 10.2. The molecule has 0 amide bonds. The molecule has 1 unspecified atom stereocenters. The zero-order valence-electron chi connectivity index (χ0n) is 16.1. The summed E-state index contributed by atoms with van der Waals surface area (Å²) in [5.74, 6) is -0.109. The zero-order chi connectivity index (χ0) is 18.0. The van der Waals surface area contributed by atoms with Crippen LogP contribution in [0.1, 0.15) is 104 Å². The maximum Gasteiger partial charge on any atom is 0.162 e. The van der Waals surface area contributed by atoms with Gasteiger partial charge in [0.2, 0.25) is 0 Å². The van der Waals surface area contributed by atoms with E-state index < -0.39 is 12.1 Å². The lowest BCUT2D eigenvalue weighted by Gasteiger charge is -2.12. The standard InChI is InChI=1S/C21H41NO2/c1-3-4-5-6-7-8-9-10-11-12-13-14-15-16-17-18-20(23)21(24)19(2)22/h10-11,19,21,24H,3-9,12-18,22H2,1-2H3/b11-10-/t19-,21?/m0/s1. The lowest BCUT2D eigenvalue weighted by molar-refractivity contribution is -0.127. The van der Waals surface area contributed by atoms with Crippen molar-refractivity contribution in [1.82, 2.24) is 0 Å². The fourth-order valence-electron chi connectivity index (χ4n) is 2.81. The Bertz CT molecular complexity index is 313. The Morgan fingerprint density at radius 2 is 1.33 bits per heavy atom. The van der Waals surface area contributed by atoms with Crippen molar-refractivity contribution < 1.29 is 9.90 Å². The lowest BCUT2D eigenvalue weighted by atomic mass is 10.0. The number of rotatable bonds is 17. The van der Waals surface area contributed by atoms with Crippen LogP contribution >= 0.6 is 0 Å². The van der Waals surface area contributed by atoms with Gasteiger partial charge >= 0.3 is 0 Å². The summed E-state index contributed by atoms with van der Waals surface area (Å²) in [5, 5.41) is 9.53. The second-order valence-corrected chi connectivity index (χ2v) is 7.10. The Balaban J connectivity index is 3.27. The monoisotopic (exact) mass is 339 g/mol. The molecule has 3 heteroatoms. The Labute approximate surface area is 150 Å². The molecule has 0 aliphatic rings. The largest absolute Gasteiger partial charge is 0.384 e. The van der Waals surface area contributed by atoms with E-state index in [0.717, 1.165) is 12.8 Å². The number of nitrogens with two attached hydrogens (primary N) is 1. The van der Waals surface area contributed by atoms with Crippen LogP contribution in [0.2, 0.25) is 0 Å². The number of carbonyl (C=O) groups is 1. The summed E-state index contributed by atoms with van der Waals surface area (Å²) < 4.78 is 0. The molecule has 0 aromatic heterocycles. The molecule has 142 valence electrons. The highest BCUT2D eigenvalue weighted by Gasteiger charge is 2.17. The van der Waals surface area contributed by atoms with Gasteiger partial charge in [0.05, 0.1) is 0 Å². The van der Waals surface area contributed by atoms with Crippen molar-refractivity contribution >= 4 is 5.78 Å². The maximum absolute atomic E-state index is 11.6. The molecule has 0 saturated heterocycles. The Morgan fingerprint density at radius 1 is 0.875 bits per heavy atom. The maximum atomic E-state index is 11.6. The highest BCUT2D eigenvalue weighted by Crippen LogP contribution is 2.10. The van der Waals surface area contributed by atoms with Gasteiger partial charge < -0.3 is 10.8 Å². The van der Waals surface area contributed by atoms with E-state index in [0.29, 0.717) is 6.42 Å². The van der Waals surface area contributed by atoms with Gasteiger partial charge in [-0.3, -0.25) is 4.79 Å². The summed E-state index contributed by atoms with van der Waals surface area (Å²) >= 11 is 0. The van der Waals surface area contributed by atoms with Crippen LogP contribution in [0.15, 0.2) is 12.2 Å². The van der Waals surface area contributed by atoms with E-state index in [9.17, 15) is 9.90 Å². The third-order valence-electron chi connectivity index (χ3n) is 4.51. The summed E-state index contributed by atoms with van der Waals surface area (Å²) in [7, 11) is 0. The predicted molar refractivity (Wildman–Crippen MR) is 104 cm³/mol. The van der Waals surface area contributed by atoms with Gasteiger partial charge in [-0.25, -0.2) is 0 Å². The molecule has 0 aliphatic carbocycles. The molecular weight excluding hydrogens is 298 g/mol. The van der Waals surface area contributed by atoms with Crippen molar-refractivity contribution in [2.75, 3.05) is 0 Å². The molecule has 0 aromatic rings. The van der Waals surface area contributed by atoms with Crippen LogP contribution in [0, 0.1) is 0 Å². The molecule has 0 saturated carbocycles. The van der Waals surface area contributed by atoms with E-state index in [1.807, 2.05) is 0 Å². The van der Waals surface area contributed by atoms with Crippen molar-refractivity contribution in [1.29, 1.82) is 0 Å². The molecule has 0 spiro atoms. The van der Waals surface area contributed by atoms with Crippen LogP contribution in [-0.2, 0) is 4.79 Å². The van der Waals surface area contributed by atoms with E-state index in [4.69, 9.17) is 5.73 Å². The number of aliphatic hydroxyl groups is 1. The van der Waals surface area contributed by atoms with E-state index in [-0.39, 0.29) is 5.78 Å². The molecule has 0 aliphatic heterocycles. The minimum atomic E-state index is -0.984. The van der Waals surface area contributed by atoms with Crippen molar-refractivity contribution in [3.8, 4) is 0 Å².